The summed E-state index contributed by atoms with van der Waals surface area (Å²) in [5.41, 5.74) is 1.95. The molecule has 0 unspecified atom stereocenters. The van der Waals surface area contributed by atoms with Crippen LogP contribution in [0.25, 0.3) is 0 Å². The molecule has 0 saturated heterocycles. The number of hydrogen-bond donors (Lipinski definition) is 0. The Hall–Kier alpha value is -1.18. The van der Waals surface area contributed by atoms with Crippen molar-refractivity contribution in [1.29, 1.82) is 0 Å². The van der Waals surface area contributed by atoms with Crippen LogP contribution in [0.2, 0.25) is 0 Å². The predicted octanol–water partition coefficient (Wildman–Crippen LogP) is 1.99. The molecule has 0 fully saturated rings. The van der Waals surface area contributed by atoms with Crippen molar-refractivity contribution in [1.82, 2.24) is 0 Å². The summed E-state index contributed by atoms with van der Waals surface area (Å²) in [4.78, 5) is 8.45. The van der Waals surface area contributed by atoms with Crippen LogP contribution >= 0.6 is 0 Å². The highest BCUT2D eigenvalue weighted by atomic mass is 14.8. The van der Waals surface area contributed by atoms with Crippen molar-refractivity contribution in [2.75, 3.05) is 6.54 Å². The van der Waals surface area contributed by atoms with Gasteiger partial charge in [-0.05, 0) is 26.0 Å². The molecule has 0 bridgehead atoms. The second-order valence-electron chi connectivity index (χ2n) is 2.17. The smallest absolute Gasteiger partial charge is 0.0839 e. The third-order valence-electron chi connectivity index (χ3n) is 1.42. The molecule has 0 radical (unpaired) electrons. The predicted molar refractivity (Wildman–Crippen MR) is 49.4 cm³/mol. The molecular weight excluding hydrogens is 136 g/mol. The molecule has 0 amide bonds. The fourth-order valence-electron chi connectivity index (χ4n) is 0.935. The van der Waals surface area contributed by atoms with E-state index in [4.69, 9.17) is 0 Å². The van der Waals surface area contributed by atoms with Crippen LogP contribution in [-0.2, 0) is 0 Å². The van der Waals surface area contributed by atoms with Crippen LogP contribution in [0.3, 0.4) is 0 Å². The van der Waals surface area contributed by atoms with Crippen LogP contribution in [0.15, 0.2) is 33.9 Å². The molecule has 0 spiro atoms. The minimum Gasteiger partial charge on any atom is -0.283 e. The van der Waals surface area contributed by atoms with E-state index in [1.807, 2.05) is 32.1 Å². The lowest BCUT2D eigenvalue weighted by Gasteiger charge is -2.03. The van der Waals surface area contributed by atoms with Gasteiger partial charge >= 0.3 is 0 Å². The van der Waals surface area contributed by atoms with E-state index < -0.39 is 0 Å². The zero-order valence-electron chi connectivity index (χ0n) is 6.91. The molecule has 1 rings (SSSR count). The van der Waals surface area contributed by atoms with E-state index in [1.165, 1.54) is 0 Å². The van der Waals surface area contributed by atoms with Gasteiger partial charge in [0.1, 0.15) is 0 Å². The van der Waals surface area contributed by atoms with Gasteiger partial charge in [-0.2, -0.15) is 0 Å². The van der Waals surface area contributed by atoms with Crippen LogP contribution in [-0.4, -0.2) is 18.5 Å². The first kappa shape index (κ1) is 7.92. The molecule has 0 aromatic heterocycles. The highest BCUT2D eigenvalue weighted by Gasteiger charge is 2.01. The van der Waals surface area contributed by atoms with E-state index in [0.717, 1.165) is 18.0 Å². The van der Waals surface area contributed by atoms with Gasteiger partial charge < -0.3 is 0 Å². The zero-order valence-corrected chi connectivity index (χ0v) is 6.91. The molecule has 0 aromatic rings. The monoisotopic (exact) mass is 148 g/mol. The summed E-state index contributed by atoms with van der Waals surface area (Å²) in [5.74, 6) is 0. The van der Waals surface area contributed by atoms with Gasteiger partial charge in [0.25, 0.3) is 0 Å². The molecule has 0 saturated carbocycles. The lowest BCUT2D eigenvalue weighted by Crippen LogP contribution is -2.01. The molecule has 0 N–H and O–H groups in total. The van der Waals surface area contributed by atoms with Gasteiger partial charge in [0.2, 0.25) is 0 Å². The average Bonchev–Trinajstić information content (AvgIpc) is 2.06. The van der Waals surface area contributed by atoms with E-state index in [-0.39, 0.29) is 0 Å². The van der Waals surface area contributed by atoms with Crippen LogP contribution in [0.5, 0.6) is 0 Å². The quantitative estimate of drug-likeness (QED) is 0.543. The van der Waals surface area contributed by atoms with E-state index in [2.05, 4.69) is 9.98 Å². The van der Waals surface area contributed by atoms with Crippen molar-refractivity contribution in [2.45, 2.75) is 13.8 Å². The maximum atomic E-state index is 4.28. The molecular formula is C9H12N2. The van der Waals surface area contributed by atoms with Gasteiger partial charge in [-0.15, -0.1) is 0 Å². The van der Waals surface area contributed by atoms with Crippen molar-refractivity contribution in [3.05, 3.63) is 23.9 Å². The summed E-state index contributed by atoms with van der Waals surface area (Å²) in [6.07, 6.45) is 7.63. The van der Waals surface area contributed by atoms with Crippen LogP contribution in [0, 0.1) is 0 Å². The minimum atomic E-state index is 0.812. The largest absolute Gasteiger partial charge is 0.283 e. The van der Waals surface area contributed by atoms with Crippen molar-refractivity contribution < 1.29 is 0 Å². The summed E-state index contributed by atoms with van der Waals surface area (Å²) in [7, 11) is 0. The Morgan fingerprint density at radius 3 is 3.09 bits per heavy atom. The van der Waals surface area contributed by atoms with Crippen LogP contribution in [0.1, 0.15) is 13.8 Å². The molecule has 58 valence electrons. The van der Waals surface area contributed by atoms with Gasteiger partial charge in [0.15, 0.2) is 0 Å². The number of hydrogen-bond acceptors (Lipinski definition) is 2. The molecule has 1 aliphatic heterocycles. The molecule has 0 aliphatic carbocycles. The summed E-state index contributed by atoms with van der Waals surface area (Å²) in [6.45, 7) is 4.80. The standard InChI is InChI=1S/C9H12N2/c1-3-8-9(10-4-2)6-5-7-11-8/h3,5-7H,4H2,1-2H3/b8-3+,10-9?. The Balaban J connectivity index is 2.88. The number of nitrogens with zero attached hydrogens (tertiary/aromatic N) is 2. The second-order valence-corrected chi connectivity index (χ2v) is 2.17. The fourth-order valence-corrected chi connectivity index (χ4v) is 0.935. The summed E-state index contributed by atoms with van der Waals surface area (Å²) in [5, 5.41) is 0. The molecule has 1 heterocycles. The average molecular weight is 148 g/mol. The van der Waals surface area contributed by atoms with Gasteiger partial charge in [-0.3, -0.25) is 9.98 Å². The summed E-state index contributed by atoms with van der Waals surface area (Å²) in [6, 6.07) is 0. The van der Waals surface area contributed by atoms with E-state index in [1.54, 1.807) is 6.21 Å². The van der Waals surface area contributed by atoms with Gasteiger partial charge in [0.05, 0.1) is 11.4 Å². The topological polar surface area (TPSA) is 24.7 Å². The number of allylic oxidation sites excluding steroid dienone is 3. The Kier molecular flexibility index (Phi) is 2.78. The Morgan fingerprint density at radius 2 is 2.45 bits per heavy atom. The van der Waals surface area contributed by atoms with Crippen molar-refractivity contribution in [3.8, 4) is 0 Å². The first-order valence-corrected chi connectivity index (χ1v) is 3.80. The molecule has 2 heteroatoms. The van der Waals surface area contributed by atoms with E-state index >= 15 is 0 Å². The first-order chi connectivity index (χ1) is 5.38. The molecule has 1 aliphatic rings. The molecule has 2 nitrogen and oxygen atoms in total. The van der Waals surface area contributed by atoms with Gasteiger partial charge in [-0.25, -0.2) is 0 Å². The second kappa shape index (κ2) is 3.86. The maximum Gasteiger partial charge on any atom is 0.0839 e. The number of dihydropyridines is 1. The Labute approximate surface area is 67.1 Å². The zero-order chi connectivity index (χ0) is 8.10. The molecule has 0 atom stereocenters. The highest BCUT2D eigenvalue weighted by molar-refractivity contribution is 6.12. The van der Waals surface area contributed by atoms with E-state index in [0.29, 0.717) is 0 Å². The van der Waals surface area contributed by atoms with Gasteiger partial charge in [-0.1, -0.05) is 6.08 Å². The summed E-state index contributed by atoms with van der Waals surface area (Å²) >= 11 is 0. The van der Waals surface area contributed by atoms with E-state index in [9.17, 15) is 0 Å². The number of rotatable bonds is 1. The lowest BCUT2D eigenvalue weighted by atomic mass is 10.2. The van der Waals surface area contributed by atoms with Crippen molar-refractivity contribution in [3.63, 3.8) is 0 Å². The normalized spacial score (nSPS) is 23.5. The lowest BCUT2D eigenvalue weighted by molar-refractivity contribution is 1.13. The van der Waals surface area contributed by atoms with Crippen molar-refractivity contribution >= 4 is 11.9 Å². The Morgan fingerprint density at radius 1 is 1.64 bits per heavy atom. The first-order valence-electron chi connectivity index (χ1n) is 3.80. The van der Waals surface area contributed by atoms with Crippen LogP contribution < -0.4 is 0 Å². The highest BCUT2D eigenvalue weighted by Crippen LogP contribution is 2.05. The number of aliphatic imine (C=N–C) groups is 2. The molecule has 0 aromatic carbocycles. The third-order valence-corrected chi connectivity index (χ3v) is 1.42. The molecule has 11 heavy (non-hydrogen) atoms. The van der Waals surface area contributed by atoms with Crippen molar-refractivity contribution in [2.24, 2.45) is 9.98 Å². The minimum absolute atomic E-state index is 0.812. The third kappa shape index (κ3) is 1.87. The maximum absolute atomic E-state index is 4.28. The SMILES string of the molecule is C/C=C1/N=CC=CC1=NCC. The summed E-state index contributed by atoms with van der Waals surface area (Å²) < 4.78 is 0. The van der Waals surface area contributed by atoms with Crippen LogP contribution in [0.4, 0.5) is 0 Å². The van der Waals surface area contributed by atoms with Gasteiger partial charge in [0, 0.05) is 12.8 Å². The fraction of sp³-hybridized carbons (Fsp3) is 0.333. The Bertz CT molecular complexity index is 244.